The van der Waals surface area contributed by atoms with E-state index in [1.807, 2.05) is 18.2 Å². The lowest BCUT2D eigenvalue weighted by atomic mass is 10.2. The van der Waals surface area contributed by atoms with Crippen molar-refractivity contribution < 1.29 is 19.1 Å². The molecule has 0 amide bonds. The SMILES string of the molecule is O=C(O)Oc1ncoc1-c1ccccc1. The van der Waals surface area contributed by atoms with Gasteiger partial charge in [-0.15, -0.1) is 0 Å². The normalized spacial score (nSPS) is 9.87. The van der Waals surface area contributed by atoms with Crippen molar-refractivity contribution >= 4 is 6.16 Å². The molecule has 76 valence electrons. The Hall–Kier alpha value is -2.30. The molecular formula is C10H7NO4. The zero-order valence-corrected chi connectivity index (χ0v) is 7.58. The van der Waals surface area contributed by atoms with E-state index in [-0.39, 0.29) is 5.88 Å². The molecule has 0 aliphatic rings. The number of aromatic nitrogens is 1. The summed E-state index contributed by atoms with van der Waals surface area (Å²) in [5.74, 6) is 0.256. The Labute approximate surface area is 84.9 Å². The van der Waals surface area contributed by atoms with Crippen LogP contribution < -0.4 is 4.74 Å². The van der Waals surface area contributed by atoms with Crippen LogP contribution in [0.1, 0.15) is 0 Å². The van der Waals surface area contributed by atoms with Gasteiger partial charge in [-0.25, -0.2) is 4.79 Å². The number of oxazole rings is 1. The van der Waals surface area contributed by atoms with Gasteiger partial charge in [0, 0.05) is 5.56 Å². The summed E-state index contributed by atoms with van der Waals surface area (Å²) in [6.45, 7) is 0. The zero-order chi connectivity index (χ0) is 10.7. The second-order valence-electron chi connectivity index (χ2n) is 2.72. The van der Waals surface area contributed by atoms with E-state index in [2.05, 4.69) is 9.72 Å². The van der Waals surface area contributed by atoms with E-state index in [4.69, 9.17) is 9.52 Å². The minimum atomic E-state index is -1.42. The van der Waals surface area contributed by atoms with Gasteiger partial charge in [0.1, 0.15) is 0 Å². The number of ether oxygens (including phenoxy) is 1. The molecular weight excluding hydrogens is 198 g/mol. The van der Waals surface area contributed by atoms with Gasteiger partial charge in [0.05, 0.1) is 0 Å². The lowest BCUT2D eigenvalue weighted by molar-refractivity contribution is 0.143. The highest BCUT2D eigenvalue weighted by atomic mass is 16.7. The summed E-state index contributed by atoms with van der Waals surface area (Å²) in [5.41, 5.74) is 0.714. The molecule has 0 fully saturated rings. The van der Waals surface area contributed by atoms with Crippen LogP contribution in [0.2, 0.25) is 0 Å². The smallest absolute Gasteiger partial charge is 0.449 e. The second-order valence-corrected chi connectivity index (χ2v) is 2.72. The van der Waals surface area contributed by atoms with Crippen molar-refractivity contribution in [2.24, 2.45) is 0 Å². The summed E-state index contributed by atoms with van der Waals surface area (Å²) in [6, 6.07) is 9.01. The molecule has 0 unspecified atom stereocenters. The van der Waals surface area contributed by atoms with E-state index in [0.29, 0.717) is 11.3 Å². The standard InChI is InChI=1S/C10H7NO4/c12-10(13)15-9-8(14-6-11-9)7-4-2-1-3-5-7/h1-6H,(H,12,13). The highest BCUT2D eigenvalue weighted by Crippen LogP contribution is 2.28. The van der Waals surface area contributed by atoms with Crippen LogP contribution in [0, 0.1) is 0 Å². The number of carboxylic acid groups (broad SMARTS) is 1. The molecule has 1 N–H and O–H groups in total. The first-order valence-electron chi connectivity index (χ1n) is 4.17. The minimum Gasteiger partial charge on any atom is -0.449 e. The molecule has 0 bridgehead atoms. The molecule has 0 saturated carbocycles. The zero-order valence-electron chi connectivity index (χ0n) is 7.58. The molecule has 0 saturated heterocycles. The first kappa shape index (κ1) is 9.26. The van der Waals surface area contributed by atoms with Gasteiger partial charge in [-0.05, 0) is 0 Å². The molecule has 0 aliphatic carbocycles. The Morgan fingerprint density at radius 1 is 1.33 bits per heavy atom. The Bertz CT molecular complexity index is 463. The Morgan fingerprint density at radius 3 is 2.73 bits per heavy atom. The molecule has 0 aliphatic heterocycles. The van der Waals surface area contributed by atoms with E-state index in [1.165, 1.54) is 0 Å². The van der Waals surface area contributed by atoms with Gasteiger partial charge in [0.25, 0.3) is 5.88 Å². The van der Waals surface area contributed by atoms with Crippen LogP contribution >= 0.6 is 0 Å². The van der Waals surface area contributed by atoms with Crippen LogP contribution in [-0.4, -0.2) is 16.2 Å². The first-order valence-corrected chi connectivity index (χ1v) is 4.17. The summed E-state index contributed by atoms with van der Waals surface area (Å²) in [4.78, 5) is 14.0. The van der Waals surface area contributed by atoms with Crippen LogP contribution in [0.4, 0.5) is 4.79 Å². The second kappa shape index (κ2) is 3.83. The molecule has 0 atom stereocenters. The largest absolute Gasteiger partial charge is 0.512 e. The molecule has 15 heavy (non-hydrogen) atoms. The number of benzene rings is 1. The van der Waals surface area contributed by atoms with Gasteiger partial charge in [-0.2, -0.15) is 4.98 Å². The number of nitrogens with zero attached hydrogens (tertiary/aromatic N) is 1. The molecule has 1 aromatic carbocycles. The maximum absolute atomic E-state index is 10.3. The van der Waals surface area contributed by atoms with E-state index in [9.17, 15) is 4.79 Å². The molecule has 2 rings (SSSR count). The average Bonchev–Trinajstić information content (AvgIpc) is 2.66. The third-order valence-electron chi connectivity index (χ3n) is 1.75. The summed E-state index contributed by atoms with van der Waals surface area (Å²) >= 11 is 0. The van der Waals surface area contributed by atoms with Crippen molar-refractivity contribution in [2.45, 2.75) is 0 Å². The summed E-state index contributed by atoms with van der Waals surface area (Å²) in [6.07, 6.45) is -0.276. The first-order chi connectivity index (χ1) is 7.27. The van der Waals surface area contributed by atoms with E-state index < -0.39 is 6.16 Å². The molecule has 5 nitrogen and oxygen atoms in total. The van der Waals surface area contributed by atoms with Crippen LogP contribution in [0.3, 0.4) is 0 Å². The van der Waals surface area contributed by atoms with Crippen molar-refractivity contribution in [3.8, 4) is 17.2 Å². The topological polar surface area (TPSA) is 72.6 Å². The molecule has 1 heterocycles. The van der Waals surface area contributed by atoms with E-state index in [0.717, 1.165) is 6.39 Å². The van der Waals surface area contributed by atoms with Crippen molar-refractivity contribution in [3.63, 3.8) is 0 Å². The number of rotatable bonds is 2. The van der Waals surface area contributed by atoms with Gasteiger partial charge in [0.2, 0.25) is 0 Å². The Kier molecular flexibility index (Phi) is 2.37. The van der Waals surface area contributed by atoms with Gasteiger partial charge < -0.3 is 14.3 Å². The minimum absolute atomic E-state index is 0.0475. The lowest BCUT2D eigenvalue weighted by Gasteiger charge is -1.98. The Morgan fingerprint density at radius 2 is 2.07 bits per heavy atom. The fraction of sp³-hybridized carbons (Fsp3) is 0. The quantitative estimate of drug-likeness (QED) is 0.762. The third kappa shape index (κ3) is 1.96. The van der Waals surface area contributed by atoms with Crippen molar-refractivity contribution in [1.29, 1.82) is 0 Å². The summed E-state index contributed by atoms with van der Waals surface area (Å²) in [5, 5.41) is 8.45. The molecule has 0 radical (unpaired) electrons. The van der Waals surface area contributed by atoms with Crippen molar-refractivity contribution in [3.05, 3.63) is 36.7 Å². The van der Waals surface area contributed by atoms with Gasteiger partial charge in [-0.1, -0.05) is 30.3 Å². The maximum Gasteiger partial charge on any atom is 0.512 e. The predicted octanol–water partition coefficient (Wildman–Crippen LogP) is 2.40. The molecule has 0 spiro atoms. The maximum atomic E-state index is 10.3. The highest BCUT2D eigenvalue weighted by molar-refractivity contribution is 5.67. The molecule has 5 heteroatoms. The highest BCUT2D eigenvalue weighted by Gasteiger charge is 2.14. The van der Waals surface area contributed by atoms with E-state index >= 15 is 0 Å². The monoisotopic (exact) mass is 205 g/mol. The predicted molar refractivity (Wildman–Crippen MR) is 50.6 cm³/mol. The lowest BCUT2D eigenvalue weighted by Crippen LogP contribution is -2.03. The van der Waals surface area contributed by atoms with E-state index in [1.54, 1.807) is 12.1 Å². The fourth-order valence-corrected chi connectivity index (χ4v) is 1.17. The number of hydrogen-bond donors (Lipinski definition) is 1. The number of hydrogen-bond acceptors (Lipinski definition) is 4. The van der Waals surface area contributed by atoms with Gasteiger partial charge >= 0.3 is 6.16 Å². The van der Waals surface area contributed by atoms with Crippen molar-refractivity contribution in [2.75, 3.05) is 0 Å². The average molecular weight is 205 g/mol. The molecule has 1 aromatic heterocycles. The molecule has 2 aromatic rings. The third-order valence-corrected chi connectivity index (χ3v) is 1.75. The van der Waals surface area contributed by atoms with Crippen LogP contribution in [0.15, 0.2) is 41.1 Å². The van der Waals surface area contributed by atoms with Crippen LogP contribution in [0.25, 0.3) is 11.3 Å². The van der Waals surface area contributed by atoms with Gasteiger partial charge in [-0.3, -0.25) is 0 Å². The Balaban J connectivity index is 2.37. The number of carbonyl (C=O) groups is 1. The summed E-state index contributed by atoms with van der Waals surface area (Å²) in [7, 11) is 0. The summed E-state index contributed by atoms with van der Waals surface area (Å²) < 4.78 is 9.50. The van der Waals surface area contributed by atoms with Crippen LogP contribution in [0.5, 0.6) is 5.88 Å². The van der Waals surface area contributed by atoms with Gasteiger partial charge in [0.15, 0.2) is 12.2 Å². The van der Waals surface area contributed by atoms with Crippen LogP contribution in [-0.2, 0) is 0 Å². The fourth-order valence-electron chi connectivity index (χ4n) is 1.17. The van der Waals surface area contributed by atoms with Crippen molar-refractivity contribution in [1.82, 2.24) is 4.98 Å².